The number of benzene rings is 1. The zero-order valence-electron chi connectivity index (χ0n) is 14.5. The molecule has 25 heavy (non-hydrogen) atoms. The van der Waals surface area contributed by atoms with Crippen molar-refractivity contribution in [2.24, 2.45) is 0 Å². The minimum Gasteiger partial charge on any atom is -0.504 e. The van der Waals surface area contributed by atoms with Gasteiger partial charge in [-0.15, -0.1) is 0 Å². The van der Waals surface area contributed by atoms with E-state index in [1.54, 1.807) is 18.2 Å². The molecule has 2 heterocycles. The number of phenols is 1. The van der Waals surface area contributed by atoms with E-state index in [2.05, 4.69) is 15.5 Å². The Morgan fingerprint density at radius 2 is 2.24 bits per heavy atom. The lowest BCUT2D eigenvalue weighted by Gasteiger charge is -2.09. The number of nitrogens with one attached hydrogen (secondary N) is 1. The second-order valence-electron chi connectivity index (χ2n) is 6.22. The molecule has 3 rings (SSSR count). The molecular formula is C18H25N3O4. The first-order valence-corrected chi connectivity index (χ1v) is 8.77. The van der Waals surface area contributed by atoms with Gasteiger partial charge in [-0.2, -0.15) is 4.98 Å². The molecule has 1 aliphatic heterocycles. The Morgan fingerprint density at radius 3 is 3.04 bits per heavy atom. The quantitative estimate of drug-likeness (QED) is 0.674. The van der Waals surface area contributed by atoms with Crippen LogP contribution in [-0.2, 0) is 11.2 Å². The van der Waals surface area contributed by atoms with E-state index in [0.717, 1.165) is 57.4 Å². The van der Waals surface area contributed by atoms with Crippen LogP contribution < -0.4 is 10.1 Å². The van der Waals surface area contributed by atoms with Gasteiger partial charge < -0.3 is 24.4 Å². The second kappa shape index (κ2) is 8.82. The first kappa shape index (κ1) is 17.7. The van der Waals surface area contributed by atoms with Crippen LogP contribution in [0.1, 0.15) is 31.6 Å². The first-order chi connectivity index (χ1) is 12.3. The van der Waals surface area contributed by atoms with Crippen molar-refractivity contribution < 1.29 is 19.1 Å². The molecule has 1 unspecified atom stereocenters. The van der Waals surface area contributed by atoms with E-state index in [0.29, 0.717) is 23.5 Å². The molecule has 136 valence electrons. The summed E-state index contributed by atoms with van der Waals surface area (Å²) >= 11 is 0. The van der Waals surface area contributed by atoms with Crippen molar-refractivity contribution in [3.63, 3.8) is 0 Å². The summed E-state index contributed by atoms with van der Waals surface area (Å²) in [6.45, 7) is 2.74. The maximum absolute atomic E-state index is 9.64. The van der Waals surface area contributed by atoms with Gasteiger partial charge in [0, 0.05) is 24.6 Å². The number of hydrogen-bond acceptors (Lipinski definition) is 7. The van der Waals surface area contributed by atoms with Gasteiger partial charge in [0.25, 0.3) is 0 Å². The fourth-order valence-corrected chi connectivity index (χ4v) is 2.87. The van der Waals surface area contributed by atoms with Crippen LogP contribution >= 0.6 is 0 Å². The summed E-state index contributed by atoms with van der Waals surface area (Å²) in [5.74, 6) is 1.63. The van der Waals surface area contributed by atoms with E-state index < -0.39 is 0 Å². The van der Waals surface area contributed by atoms with Crippen LogP contribution in [0.2, 0.25) is 0 Å². The van der Waals surface area contributed by atoms with Crippen LogP contribution in [0, 0.1) is 0 Å². The Bertz CT molecular complexity index is 668. The summed E-state index contributed by atoms with van der Waals surface area (Å²) in [5, 5.41) is 17.2. The summed E-state index contributed by atoms with van der Waals surface area (Å²) in [7, 11) is 1.51. The lowest BCUT2D eigenvalue weighted by atomic mass is 10.1. The number of ether oxygens (including phenoxy) is 2. The molecule has 0 radical (unpaired) electrons. The van der Waals surface area contributed by atoms with Crippen LogP contribution in [0.4, 0.5) is 0 Å². The van der Waals surface area contributed by atoms with Gasteiger partial charge in [-0.05, 0) is 44.0 Å². The lowest BCUT2D eigenvalue weighted by Crippen LogP contribution is -2.29. The number of rotatable bonds is 9. The standard InChI is InChI=1S/C18H25N3O4/c1-23-16-11-13(6-7-15(16)22)18-20-17(25-21-18)5-3-2-4-9-19-14-8-10-24-12-14/h6-7,11,14,19,22H,2-5,8-10,12H2,1H3. The molecule has 2 aromatic rings. The third kappa shape index (κ3) is 4.93. The highest BCUT2D eigenvalue weighted by atomic mass is 16.5. The number of aromatic nitrogens is 2. The van der Waals surface area contributed by atoms with Gasteiger partial charge in [0.15, 0.2) is 11.5 Å². The average Bonchev–Trinajstić information content (AvgIpc) is 3.30. The lowest BCUT2D eigenvalue weighted by molar-refractivity contribution is 0.190. The fraction of sp³-hybridized carbons (Fsp3) is 0.556. The summed E-state index contributed by atoms with van der Waals surface area (Å²) in [6, 6.07) is 5.53. The Kier molecular flexibility index (Phi) is 6.25. The number of methoxy groups -OCH3 is 1. The SMILES string of the molecule is COc1cc(-c2noc(CCCCCNC3CCOC3)n2)ccc1O. The summed E-state index contributed by atoms with van der Waals surface area (Å²) in [5.41, 5.74) is 0.757. The van der Waals surface area contributed by atoms with E-state index in [-0.39, 0.29) is 5.75 Å². The van der Waals surface area contributed by atoms with E-state index in [4.69, 9.17) is 14.0 Å². The third-order valence-electron chi connectivity index (χ3n) is 4.34. The molecule has 1 saturated heterocycles. The van der Waals surface area contributed by atoms with Gasteiger partial charge in [-0.1, -0.05) is 11.6 Å². The van der Waals surface area contributed by atoms with Crippen molar-refractivity contribution in [2.45, 2.75) is 38.1 Å². The molecule has 0 saturated carbocycles. The van der Waals surface area contributed by atoms with Gasteiger partial charge >= 0.3 is 0 Å². The topological polar surface area (TPSA) is 89.6 Å². The highest BCUT2D eigenvalue weighted by molar-refractivity contribution is 5.60. The molecule has 1 atom stereocenters. The van der Waals surface area contributed by atoms with Gasteiger partial charge in [0.2, 0.25) is 11.7 Å². The van der Waals surface area contributed by atoms with Crippen molar-refractivity contribution in [1.82, 2.24) is 15.5 Å². The number of aromatic hydroxyl groups is 1. The van der Waals surface area contributed by atoms with Crippen LogP contribution in [0.15, 0.2) is 22.7 Å². The Morgan fingerprint density at radius 1 is 1.32 bits per heavy atom. The van der Waals surface area contributed by atoms with E-state index >= 15 is 0 Å². The maximum Gasteiger partial charge on any atom is 0.226 e. The smallest absolute Gasteiger partial charge is 0.226 e. The normalized spacial score (nSPS) is 17.1. The molecule has 0 aliphatic carbocycles. The molecule has 1 aromatic heterocycles. The maximum atomic E-state index is 9.64. The van der Waals surface area contributed by atoms with Gasteiger partial charge in [-0.3, -0.25) is 0 Å². The molecule has 2 N–H and O–H groups in total. The monoisotopic (exact) mass is 347 g/mol. The minimum absolute atomic E-state index is 0.0905. The summed E-state index contributed by atoms with van der Waals surface area (Å²) in [6.07, 6.45) is 5.16. The highest BCUT2D eigenvalue weighted by Crippen LogP contribution is 2.30. The molecule has 1 aliphatic rings. The average molecular weight is 347 g/mol. The van der Waals surface area contributed by atoms with E-state index in [9.17, 15) is 5.11 Å². The number of phenolic OH excluding ortho intramolecular Hbond substituents is 1. The molecule has 7 nitrogen and oxygen atoms in total. The minimum atomic E-state index is 0.0905. The molecular weight excluding hydrogens is 322 g/mol. The Hall–Kier alpha value is -2.12. The summed E-state index contributed by atoms with van der Waals surface area (Å²) < 4.78 is 15.8. The number of aryl methyl sites for hydroxylation is 1. The zero-order chi connectivity index (χ0) is 17.5. The molecule has 0 spiro atoms. The number of nitrogens with zero attached hydrogens (tertiary/aromatic N) is 2. The number of unbranched alkanes of at least 4 members (excludes halogenated alkanes) is 2. The van der Waals surface area contributed by atoms with Crippen molar-refractivity contribution >= 4 is 0 Å². The highest BCUT2D eigenvalue weighted by Gasteiger charge is 2.14. The Balaban J connectivity index is 1.41. The van der Waals surface area contributed by atoms with Crippen molar-refractivity contribution in [1.29, 1.82) is 0 Å². The van der Waals surface area contributed by atoms with Gasteiger partial charge in [0.1, 0.15) is 0 Å². The van der Waals surface area contributed by atoms with Crippen LogP contribution in [0.25, 0.3) is 11.4 Å². The number of hydrogen-bond donors (Lipinski definition) is 2. The molecule has 1 fully saturated rings. The van der Waals surface area contributed by atoms with Crippen LogP contribution in [0.5, 0.6) is 11.5 Å². The molecule has 7 heteroatoms. The molecule has 1 aromatic carbocycles. The fourth-order valence-electron chi connectivity index (χ4n) is 2.87. The van der Waals surface area contributed by atoms with Crippen molar-refractivity contribution in [2.75, 3.05) is 26.9 Å². The van der Waals surface area contributed by atoms with Gasteiger partial charge in [-0.25, -0.2) is 0 Å². The van der Waals surface area contributed by atoms with Gasteiger partial charge in [0.05, 0.1) is 13.7 Å². The van der Waals surface area contributed by atoms with Crippen molar-refractivity contribution in [3.8, 4) is 22.9 Å². The van der Waals surface area contributed by atoms with E-state index in [1.807, 2.05) is 0 Å². The molecule has 0 amide bonds. The van der Waals surface area contributed by atoms with Crippen LogP contribution in [0.3, 0.4) is 0 Å². The second-order valence-corrected chi connectivity index (χ2v) is 6.22. The molecule has 0 bridgehead atoms. The largest absolute Gasteiger partial charge is 0.504 e. The van der Waals surface area contributed by atoms with Crippen molar-refractivity contribution in [3.05, 3.63) is 24.1 Å². The Labute approximate surface area is 147 Å². The predicted octanol–water partition coefficient (Wildman–Crippen LogP) is 2.54. The summed E-state index contributed by atoms with van der Waals surface area (Å²) in [4.78, 5) is 4.42. The zero-order valence-corrected chi connectivity index (χ0v) is 14.5. The van der Waals surface area contributed by atoms with Crippen LogP contribution in [-0.4, -0.2) is 48.2 Å². The van der Waals surface area contributed by atoms with E-state index in [1.165, 1.54) is 7.11 Å². The first-order valence-electron chi connectivity index (χ1n) is 8.77. The third-order valence-corrected chi connectivity index (χ3v) is 4.34. The predicted molar refractivity (Wildman–Crippen MR) is 92.7 cm³/mol.